The zero-order valence-electron chi connectivity index (χ0n) is 10.9. The molecule has 0 aliphatic carbocycles. The van der Waals surface area contributed by atoms with Gasteiger partial charge in [0, 0.05) is 29.8 Å². The molecule has 0 aromatic heterocycles. The second-order valence-corrected chi connectivity index (χ2v) is 5.00. The Labute approximate surface area is 124 Å². The number of hydrogen-bond acceptors (Lipinski definition) is 3. The van der Waals surface area contributed by atoms with Gasteiger partial charge in [-0.15, -0.1) is 12.4 Å². The molecule has 19 heavy (non-hydrogen) atoms. The van der Waals surface area contributed by atoms with Crippen molar-refractivity contribution >= 4 is 35.6 Å². The maximum absolute atomic E-state index is 11.8. The minimum Gasteiger partial charge on any atom is -0.325 e. The first-order chi connectivity index (χ1) is 8.67. The van der Waals surface area contributed by atoms with Crippen molar-refractivity contribution in [2.75, 3.05) is 32.0 Å². The normalized spacial score (nSPS) is 18.9. The minimum absolute atomic E-state index is 0. The quantitative estimate of drug-likeness (QED) is 0.894. The molecule has 2 rings (SSSR count). The first kappa shape index (κ1) is 16.2. The van der Waals surface area contributed by atoms with Gasteiger partial charge in [-0.05, 0) is 37.7 Å². The molecule has 1 aromatic rings. The van der Waals surface area contributed by atoms with Crippen molar-refractivity contribution in [3.8, 4) is 0 Å². The Balaban J connectivity index is 0.00000180. The molecule has 0 radical (unpaired) electrons. The van der Waals surface area contributed by atoms with E-state index in [1.54, 1.807) is 24.3 Å². The van der Waals surface area contributed by atoms with Crippen molar-refractivity contribution < 1.29 is 4.79 Å². The summed E-state index contributed by atoms with van der Waals surface area (Å²) in [6.45, 7) is 2.35. The second-order valence-electron chi connectivity index (χ2n) is 4.56. The summed E-state index contributed by atoms with van der Waals surface area (Å²) in [4.78, 5) is 14.0. The highest BCUT2D eigenvalue weighted by Gasteiger charge is 2.22. The van der Waals surface area contributed by atoms with Gasteiger partial charge in [0.1, 0.15) is 0 Å². The van der Waals surface area contributed by atoms with Crippen LogP contribution in [-0.4, -0.2) is 43.5 Å². The zero-order chi connectivity index (χ0) is 13.0. The van der Waals surface area contributed by atoms with Gasteiger partial charge in [0.25, 0.3) is 0 Å². The van der Waals surface area contributed by atoms with Crippen LogP contribution in [0.25, 0.3) is 0 Å². The van der Waals surface area contributed by atoms with Crippen LogP contribution >= 0.6 is 24.0 Å². The van der Waals surface area contributed by atoms with Crippen LogP contribution in [0.5, 0.6) is 0 Å². The van der Waals surface area contributed by atoms with E-state index in [4.69, 9.17) is 11.6 Å². The Kier molecular flexibility index (Phi) is 6.58. The van der Waals surface area contributed by atoms with Crippen LogP contribution in [0.15, 0.2) is 24.3 Å². The molecule has 0 bridgehead atoms. The van der Waals surface area contributed by atoms with Crippen LogP contribution in [0.3, 0.4) is 0 Å². The average molecular weight is 304 g/mol. The molecule has 1 aliphatic rings. The molecule has 0 spiro atoms. The highest BCUT2D eigenvalue weighted by Crippen LogP contribution is 2.14. The summed E-state index contributed by atoms with van der Waals surface area (Å²) in [5, 5.41) is 6.77. The van der Waals surface area contributed by atoms with E-state index in [-0.39, 0.29) is 18.3 Å². The number of carbonyl (C=O) groups is 1. The number of halogens is 2. The Morgan fingerprint density at radius 1 is 1.42 bits per heavy atom. The number of rotatable bonds is 4. The van der Waals surface area contributed by atoms with Gasteiger partial charge in [-0.1, -0.05) is 11.6 Å². The summed E-state index contributed by atoms with van der Waals surface area (Å²) >= 11 is 5.79. The lowest BCUT2D eigenvalue weighted by atomic mass is 10.3. The standard InChI is InChI=1S/C13H18ClN3O.ClH/c1-15-12-6-7-17(8-12)9-13(18)16-11-4-2-10(14)3-5-11;/h2-5,12,15H,6-9H2,1H3,(H,16,18);1H. The largest absolute Gasteiger partial charge is 0.325 e. The SMILES string of the molecule is CNC1CCN(CC(=O)Nc2ccc(Cl)cc2)C1.Cl. The highest BCUT2D eigenvalue weighted by atomic mass is 35.5. The first-order valence-electron chi connectivity index (χ1n) is 6.12. The van der Waals surface area contributed by atoms with Crippen molar-refractivity contribution in [3.63, 3.8) is 0 Å². The molecule has 2 N–H and O–H groups in total. The highest BCUT2D eigenvalue weighted by molar-refractivity contribution is 6.30. The molecule has 1 aliphatic heterocycles. The number of benzene rings is 1. The molecule has 4 nitrogen and oxygen atoms in total. The molecule has 6 heteroatoms. The predicted molar refractivity (Wildman–Crippen MR) is 81.2 cm³/mol. The third kappa shape index (κ3) is 4.99. The van der Waals surface area contributed by atoms with Crippen LogP contribution in [0.4, 0.5) is 5.69 Å². The van der Waals surface area contributed by atoms with Crippen molar-refractivity contribution in [2.24, 2.45) is 0 Å². The third-order valence-electron chi connectivity index (χ3n) is 3.18. The van der Waals surface area contributed by atoms with Crippen molar-refractivity contribution in [1.29, 1.82) is 0 Å². The van der Waals surface area contributed by atoms with E-state index in [0.29, 0.717) is 17.6 Å². The minimum atomic E-state index is 0. The van der Waals surface area contributed by atoms with Crippen molar-refractivity contribution in [3.05, 3.63) is 29.3 Å². The first-order valence-corrected chi connectivity index (χ1v) is 6.50. The van der Waals surface area contributed by atoms with E-state index < -0.39 is 0 Å². The molecule has 1 heterocycles. The van der Waals surface area contributed by atoms with E-state index in [1.165, 1.54) is 0 Å². The number of hydrogen-bond donors (Lipinski definition) is 2. The van der Waals surface area contributed by atoms with Gasteiger partial charge in [0.05, 0.1) is 6.54 Å². The predicted octanol–water partition coefficient (Wildman–Crippen LogP) is 1.99. The molecule has 1 aromatic carbocycles. The van der Waals surface area contributed by atoms with Crippen LogP contribution < -0.4 is 10.6 Å². The number of likely N-dealkylation sites (tertiary alicyclic amines) is 1. The summed E-state index contributed by atoms with van der Waals surface area (Å²) in [6.07, 6.45) is 1.10. The number of carbonyl (C=O) groups excluding carboxylic acids is 1. The molecule has 1 atom stereocenters. The van der Waals surface area contributed by atoms with Crippen LogP contribution in [0.1, 0.15) is 6.42 Å². The molecular formula is C13H19Cl2N3O. The maximum atomic E-state index is 11.8. The van der Waals surface area contributed by atoms with Gasteiger partial charge in [0.15, 0.2) is 0 Å². The summed E-state index contributed by atoms with van der Waals surface area (Å²) < 4.78 is 0. The number of likely N-dealkylation sites (N-methyl/N-ethyl adjacent to an activating group) is 1. The maximum Gasteiger partial charge on any atom is 0.238 e. The fourth-order valence-corrected chi connectivity index (χ4v) is 2.27. The van der Waals surface area contributed by atoms with Gasteiger partial charge in [-0.2, -0.15) is 0 Å². The molecule has 1 fully saturated rings. The van der Waals surface area contributed by atoms with Crippen molar-refractivity contribution in [1.82, 2.24) is 10.2 Å². The van der Waals surface area contributed by atoms with Crippen LogP contribution in [-0.2, 0) is 4.79 Å². The van der Waals surface area contributed by atoms with E-state index >= 15 is 0 Å². The number of anilines is 1. The molecule has 0 saturated carbocycles. The van der Waals surface area contributed by atoms with Gasteiger partial charge in [-0.25, -0.2) is 0 Å². The second kappa shape index (κ2) is 7.70. The summed E-state index contributed by atoms with van der Waals surface area (Å²) in [7, 11) is 1.96. The molecule has 1 unspecified atom stereocenters. The smallest absolute Gasteiger partial charge is 0.238 e. The number of amides is 1. The Hall–Kier alpha value is -0.810. The van der Waals surface area contributed by atoms with E-state index in [1.807, 2.05) is 7.05 Å². The van der Waals surface area contributed by atoms with Crippen molar-refractivity contribution in [2.45, 2.75) is 12.5 Å². The van der Waals surface area contributed by atoms with Gasteiger partial charge >= 0.3 is 0 Å². The average Bonchev–Trinajstić information content (AvgIpc) is 2.79. The van der Waals surface area contributed by atoms with Gasteiger partial charge in [-0.3, -0.25) is 9.69 Å². The van der Waals surface area contributed by atoms with Crippen LogP contribution in [0.2, 0.25) is 5.02 Å². The number of nitrogens with one attached hydrogen (secondary N) is 2. The monoisotopic (exact) mass is 303 g/mol. The summed E-state index contributed by atoms with van der Waals surface area (Å²) in [5.74, 6) is 0.0223. The lowest BCUT2D eigenvalue weighted by Crippen LogP contribution is -2.34. The number of nitrogens with zero attached hydrogens (tertiary/aromatic N) is 1. The lowest BCUT2D eigenvalue weighted by Gasteiger charge is -2.15. The molecule has 1 saturated heterocycles. The molecule has 106 valence electrons. The van der Waals surface area contributed by atoms with E-state index in [0.717, 1.165) is 25.2 Å². The zero-order valence-corrected chi connectivity index (χ0v) is 12.4. The third-order valence-corrected chi connectivity index (χ3v) is 3.43. The fourth-order valence-electron chi connectivity index (χ4n) is 2.15. The molecular weight excluding hydrogens is 285 g/mol. The Morgan fingerprint density at radius 3 is 2.68 bits per heavy atom. The fraction of sp³-hybridized carbons (Fsp3) is 0.462. The summed E-state index contributed by atoms with van der Waals surface area (Å²) in [6, 6.07) is 7.66. The van der Waals surface area contributed by atoms with Gasteiger partial charge < -0.3 is 10.6 Å². The summed E-state index contributed by atoms with van der Waals surface area (Å²) in [5.41, 5.74) is 0.786. The molecule has 1 amide bonds. The Morgan fingerprint density at radius 2 is 2.11 bits per heavy atom. The van der Waals surface area contributed by atoms with E-state index in [9.17, 15) is 4.79 Å². The van der Waals surface area contributed by atoms with Crippen LogP contribution in [0, 0.1) is 0 Å². The topological polar surface area (TPSA) is 44.4 Å². The van der Waals surface area contributed by atoms with E-state index in [2.05, 4.69) is 15.5 Å². The lowest BCUT2D eigenvalue weighted by molar-refractivity contribution is -0.117. The van der Waals surface area contributed by atoms with Gasteiger partial charge in [0.2, 0.25) is 5.91 Å². The Bertz CT molecular complexity index is 411.